The molecule has 1 aliphatic rings. The predicted octanol–water partition coefficient (Wildman–Crippen LogP) is 1.89. The molecular formula is C11H12BrN5. The first-order valence-electron chi connectivity index (χ1n) is 5.53. The summed E-state index contributed by atoms with van der Waals surface area (Å²) >= 11 is 3.42. The van der Waals surface area contributed by atoms with Crippen LogP contribution < -0.4 is 4.90 Å². The SMILES string of the molecule is Brc1cnn(C2CCN(c3ccncn3)C2)c1. The van der Waals surface area contributed by atoms with Gasteiger partial charge in [-0.05, 0) is 28.4 Å². The highest BCUT2D eigenvalue weighted by Crippen LogP contribution is 2.25. The third kappa shape index (κ3) is 2.17. The van der Waals surface area contributed by atoms with Crippen molar-refractivity contribution < 1.29 is 0 Å². The summed E-state index contributed by atoms with van der Waals surface area (Å²) in [5.74, 6) is 0.994. The largest absolute Gasteiger partial charge is 0.354 e. The Morgan fingerprint density at radius 1 is 1.41 bits per heavy atom. The third-order valence-electron chi connectivity index (χ3n) is 3.00. The van der Waals surface area contributed by atoms with Crippen LogP contribution in [0.2, 0.25) is 0 Å². The number of nitrogens with zero attached hydrogens (tertiary/aromatic N) is 5. The van der Waals surface area contributed by atoms with Gasteiger partial charge in [-0.25, -0.2) is 9.97 Å². The molecule has 17 heavy (non-hydrogen) atoms. The molecule has 0 spiro atoms. The van der Waals surface area contributed by atoms with E-state index in [2.05, 4.69) is 35.9 Å². The quantitative estimate of drug-likeness (QED) is 0.848. The maximum absolute atomic E-state index is 4.34. The summed E-state index contributed by atoms with van der Waals surface area (Å²) in [5.41, 5.74) is 0. The molecule has 3 rings (SSSR count). The number of rotatable bonds is 2. The normalized spacial score (nSPS) is 19.8. The van der Waals surface area contributed by atoms with Gasteiger partial charge >= 0.3 is 0 Å². The summed E-state index contributed by atoms with van der Waals surface area (Å²) in [5, 5.41) is 4.34. The lowest BCUT2D eigenvalue weighted by molar-refractivity contribution is 0.494. The molecule has 2 aromatic rings. The fourth-order valence-corrected chi connectivity index (χ4v) is 2.45. The van der Waals surface area contributed by atoms with Crippen molar-refractivity contribution in [1.82, 2.24) is 19.7 Å². The monoisotopic (exact) mass is 293 g/mol. The van der Waals surface area contributed by atoms with E-state index in [4.69, 9.17) is 0 Å². The van der Waals surface area contributed by atoms with Crippen molar-refractivity contribution in [3.05, 3.63) is 35.5 Å². The van der Waals surface area contributed by atoms with Gasteiger partial charge in [0.25, 0.3) is 0 Å². The van der Waals surface area contributed by atoms with Gasteiger partial charge < -0.3 is 4.90 Å². The summed E-state index contributed by atoms with van der Waals surface area (Å²) in [4.78, 5) is 10.5. The van der Waals surface area contributed by atoms with Gasteiger partial charge in [0, 0.05) is 25.5 Å². The molecule has 5 nitrogen and oxygen atoms in total. The Bertz CT molecular complexity index is 498. The Balaban J connectivity index is 1.74. The minimum Gasteiger partial charge on any atom is -0.354 e. The second-order valence-corrected chi connectivity index (χ2v) is 5.01. The van der Waals surface area contributed by atoms with Crippen molar-refractivity contribution in [2.45, 2.75) is 12.5 Å². The molecule has 0 radical (unpaired) electrons. The number of aromatic nitrogens is 4. The zero-order valence-electron chi connectivity index (χ0n) is 9.20. The van der Waals surface area contributed by atoms with Gasteiger partial charge in [0.05, 0.1) is 16.7 Å². The van der Waals surface area contributed by atoms with Gasteiger partial charge in [-0.1, -0.05) is 0 Å². The summed E-state index contributed by atoms with van der Waals surface area (Å²) in [6.45, 7) is 1.96. The molecule has 1 unspecified atom stereocenters. The van der Waals surface area contributed by atoms with E-state index in [0.717, 1.165) is 29.8 Å². The lowest BCUT2D eigenvalue weighted by Crippen LogP contribution is -2.21. The van der Waals surface area contributed by atoms with Crippen LogP contribution >= 0.6 is 15.9 Å². The van der Waals surface area contributed by atoms with E-state index in [1.807, 2.05) is 23.1 Å². The van der Waals surface area contributed by atoms with Gasteiger partial charge in [0.15, 0.2) is 0 Å². The molecule has 2 aromatic heterocycles. The zero-order valence-corrected chi connectivity index (χ0v) is 10.8. The molecule has 0 bridgehead atoms. The van der Waals surface area contributed by atoms with Crippen molar-refractivity contribution in [3.8, 4) is 0 Å². The van der Waals surface area contributed by atoms with Crippen molar-refractivity contribution in [2.75, 3.05) is 18.0 Å². The van der Waals surface area contributed by atoms with Crippen molar-refractivity contribution in [2.24, 2.45) is 0 Å². The first-order valence-corrected chi connectivity index (χ1v) is 6.33. The van der Waals surface area contributed by atoms with Gasteiger partial charge in [-0.15, -0.1) is 0 Å². The smallest absolute Gasteiger partial charge is 0.131 e. The molecule has 0 N–H and O–H groups in total. The summed E-state index contributed by atoms with van der Waals surface area (Å²) in [7, 11) is 0. The van der Waals surface area contributed by atoms with Gasteiger partial charge in [0.2, 0.25) is 0 Å². The standard InChI is InChI=1S/C11H12BrN5/c12-9-5-15-17(6-9)10-2-4-16(7-10)11-1-3-13-8-14-11/h1,3,5-6,8,10H,2,4,7H2. The second-order valence-electron chi connectivity index (χ2n) is 4.09. The Hall–Kier alpha value is -1.43. The van der Waals surface area contributed by atoms with E-state index in [9.17, 15) is 0 Å². The van der Waals surface area contributed by atoms with Crippen LogP contribution in [-0.2, 0) is 0 Å². The fraction of sp³-hybridized carbons (Fsp3) is 0.364. The zero-order chi connectivity index (χ0) is 11.7. The first-order chi connectivity index (χ1) is 8.33. The highest BCUT2D eigenvalue weighted by molar-refractivity contribution is 9.10. The van der Waals surface area contributed by atoms with Crippen LogP contribution in [0.4, 0.5) is 5.82 Å². The van der Waals surface area contributed by atoms with Crippen LogP contribution in [0.25, 0.3) is 0 Å². The Labute approximate surface area is 108 Å². The molecule has 0 amide bonds. The van der Waals surface area contributed by atoms with Gasteiger partial charge in [-0.2, -0.15) is 5.10 Å². The molecule has 0 saturated carbocycles. The van der Waals surface area contributed by atoms with Gasteiger partial charge in [0.1, 0.15) is 12.1 Å². The van der Waals surface area contributed by atoms with E-state index in [-0.39, 0.29) is 0 Å². The van der Waals surface area contributed by atoms with E-state index in [1.165, 1.54) is 0 Å². The number of hydrogen-bond donors (Lipinski definition) is 0. The van der Waals surface area contributed by atoms with Crippen LogP contribution in [-0.4, -0.2) is 32.8 Å². The maximum Gasteiger partial charge on any atom is 0.131 e. The van der Waals surface area contributed by atoms with Crippen LogP contribution in [0.3, 0.4) is 0 Å². The van der Waals surface area contributed by atoms with Crippen molar-refractivity contribution >= 4 is 21.7 Å². The molecule has 1 fully saturated rings. The minimum absolute atomic E-state index is 0.427. The lowest BCUT2D eigenvalue weighted by atomic mass is 10.3. The molecule has 0 aromatic carbocycles. The molecule has 0 aliphatic carbocycles. The average Bonchev–Trinajstić information content (AvgIpc) is 2.98. The topological polar surface area (TPSA) is 46.8 Å². The third-order valence-corrected chi connectivity index (χ3v) is 3.41. The van der Waals surface area contributed by atoms with Crippen LogP contribution in [0, 0.1) is 0 Å². The molecule has 1 aliphatic heterocycles. The van der Waals surface area contributed by atoms with Crippen molar-refractivity contribution in [1.29, 1.82) is 0 Å². The molecule has 88 valence electrons. The number of hydrogen-bond acceptors (Lipinski definition) is 4. The Morgan fingerprint density at radius 2 is 2.35 bits per heavy atom. The van der Waals surface area contributed by atoms with Crippen LogP contribution in [0.15, 0.2) is 35.5 Å². The first kappa shape index (κ1) is 10.7. The van der Waals surface area contributed by atoms with E-state index < -0.39 is 0 Å². The molecule has 1 atom stereocenters. The van der Waals surface area contributed by atoms with E-state index in [0.29, 0.717) is 6.04 Å². The molecule has 1 saturated heterocycles. The highest BCUT2D eigenvalue weighted by Gasteiger charge is 2.25. The van der Waals surface area contributed by atoms with E-state index in [1.54, 1.807) is 12.5 Å². The number of halogens is 1. The van der Waals surface area contributed by atoms with Gasteiger partial charge in [-0.3, -0.25) is 4.68 Å². The molecule has 3 heterocycles. The Kier molecular flexibility index (Phi) is 2.80. The minimum atomic E-state index is 0.427. The average molecular weight is 294 g/mol. The lowest BCUT2D eigenvalue weighted by Gasteiger charge is -2.16. The summed E-state index contributed by atoms with van der Waals surface area (Å²) in [6.07, 6.45) is 8.31. The number of anilines is 1. The second kappa shape index (κ2) is 4.44. The molecular weight excluding hydrogens is 282 g/mol. The van der Waals surface area contributed by atoms with Crippen molar-refractivity contribution in [3.63, 3.8) is 0 Å². The van der Waals surface area contributed by atoms with Crippen LogP contribution in [0.1, 0.15) is 12.5 Å². The fourth-order valence-electron chi connectivity index (χ4n) is 2.15. The maximum atomic E-state index is 4.34. The summed E-state index contributed by atoms with van der Waals surface area (Å²) < 4.78 is 3.05. The molecule has 6 heteroatoms. The van der Waals surface area contributed by atoms with E-state index >= 15 is 0 Å². The Morgan fingerprint density at radius 3 is 3.06 bits per heavy atom. The summed E-state index contributed by atoms with van der Waals surface area (Å²) in [6, 6.07) is 2.37. The highest BCUT2D eigenvalue weighted by atomic mass is 79.9. The predicted molar refractivity (Wildman–Crippen MR) is 67.8 cm³/mol. The van der Waals surface area contributed by atoms with Crippen LogP contribution in [0.5, 0.6) is 0 Å².